The lowest BCUT2D eigenvalue weighted by molar-refractivity contribution is -0.137. The molecule has 1 saturated carbocycles. The minimum Gasteiger partial charge on any atom is -0.453 e. The van der Waals surface area contributed by atoms with Gasteiger partial charge in [0.15, 0.2) is 0 Å². The van der Waals surface area contributed by atoms with Crippen molar-refractivity contribution < 1.29 is 14.3 Å². The molecular weight excluding hydrogens is 528 g/mol. The summed E-state index contributed by atoms with van der Waals surface area (Å²) in [7, 11) is 1.42. The van der Waals surface area contributed by atoms with Crippen LogP contribution < -0.4 is 5.32 Å². The Hall–Kier alpha value is -2.65. The normalized spacial score (nSPS) is 21.2. The summed E-state index contributed by atoms with van der Waals surface area (Å²) in [5.41, 5.74) is 1.24. The molecule has 2 aromatic rings. The second kappa shape index (κ2) is 13.3. The third kappa shape index (κ3) is 6.97. The van der Waals surface area contributed by atoms with Gasteiger partial charge in [-0.3, -0.25) is 9.48 Å². The molecule has 10 heteroatoms. The second-order valence-electron chi connectivity index (χ2n) is 11.9. The van der Waals surface area contributed by atoms with E-state index >= 15 is 0 Å². The lowest BCUT2D eigenvalue weighted by Gasteiger charge is -2.48. The molecule has 3 heterocycles. The highest BCUT2D eigenvalue weighted by atomic mass is 35.5. The molecule has 0 bridgehead atoms. The van der Waals surface area contributed by atoms with Crippen LogP contribution in [-0.4, -0.2) is 81.9 Å². The number of ether oxygens (including phenoxy) is 1. The first kappa shape index (κ1) is 28.9. The number of hydrogen-bond acceptors (Lipinski definition) is 6. The number of methoxy groups -OCH3 is 1. The van der Waals surface area contributed by atoms with Crippen molar-refractivity contribution in [2.45, 2.75) is 82.8 Å². The summed E-state index contributed by atoms with van der Waals surface area (Å²) in [5, 5.41) is 8.83. The number of aromatic nitrogens is 3. The molecule has 2 aliphatic heterocycles. The number of carbonyl (C=O) groups is 2. The highest BCUT2D eigenvalue weighted by Gasteiger charge is 2.44. The summed E-state index contributed by atoms with van der Waals surface area (Å²) in [6.45, 7) is 3.67. The van der Waals surface area contributed by atoms with E-state index in [1.165, 1.54) is 39.2 Å². The van der Waals surface area contributed by atoms with Crippen LogP contribution in [0.2, 0.25) is 5.02 Å². The fourth-order valence-electron chi connectivity index (χ4n) is 7.16. The zero-order valence-corrected chi connectivity index (χ0v) is 24.4. The third-order valence-electron chi connectivity index (χ3n) is 9.50. The topological polar surface area (TPSA) is 92.6 Å². The zero-order valence-electron chi connectivity index (χ0n) is 23.6. The third-order valence-corrected chi connectivity index (χ3v) is 9.75. The summed E-state index contributed by atoms with van der Waals surface area (Å²) in [4.78, 5) is 34.1. The number of amides is 2. The van der Waals surface area contributed by atoms with E-state index < -0.39 is 0 Å². The van der Waals surface area contributed by atoms with E-state index in [1.54, 1.807) is 11.2 Å². The number of likely N-dealkylation sites (tertiary alicyclic amines) is 2. The van der Waals surface area contributed by atoms with Gasteiger partial charge in [-0.2, -0.15) is 5.10 Å². The molecule has 9 nitrogen and oxygen atoms in total. The van der Waals surface area contributed by atoms with Crippen LogP contribution in [-0.2, 0) is 22.5 Å². The zero-order chi connectivity index (χ0) is 28.0. The van der Waals surface area contributed by atoms with Gasteiger partial charge in [-0.1, -0.05) is 43.0 Å². The molecule has 2 amide bonds. The highest BCUT2D eigenvalue weighted by molar-refractivity contribution is 6.30. The van der Waals surface area contributed by atoms with E-state index in [2.05, 4.69) is 20.3 Å². The van der Waals surface area contributed by atoms with Crippen LogP contribution in [0.4, 0.5) is 4.79 Å². The maximum absolute atomic E-state index is 14.1. The van der Waals surface area contributed by atoms with Crippen LogP contribution in [0.3, 0.4) is 0 Å². The molecular formula is C30H43ClN6O3. The van der Waals surface area contributed by atoms with Crippen molar-refractivity contribution in [2.24, 2.45) is 11.3 Å². The van der Waals surface area contributed by atoms with Crippen LogP contribution in [0.5, 0.6) is 0 Å². The van der Waals surface area contributed by atoms with Crippen molar-refractivity contribution >= 4 is 23.6 Å². The number of hydrogen-bond donors (Lipinski definition) is 1. The first-order valence-electron chi connectivity index (χ1n) is 14.9. The van der Waals surface area contributed by atoms with E-state index in [9.17, 15) is 9.59 Å². The van der Waals surface area contributed by atoms with Crippen LogP contribution in [0.15, 0.2) is 36.9 Å². The second-order valence-corrected chi connectivity index (χ2v) is 12.3. The molecule has 40 heavy (non-hydrogen) atoms. The van der Waals surface area contributed by atoms with Gasteiger partial charge < -0.3 is 19.9 Å². The Labute approximate surface area is 242 Å². The number of piperidine rings is 2. The van der Waals surface area contributed by atoms with Crippen LogP contribution in [0.1, 0.15) is 63.4 Å². The van der Waals surface area contributed by atoms with Crippen molar-refractivity contribution in [3.05, 3.63) is 47.5 Å². The van der Waals surface area contributed by atoms with Crippen LogP contribution >= 0.6 is 11.6 Å². The molecule has 1 atom stereocenters. The van der Waals surface area contributed by atoms with Crippen LogP contribution in [0.25, 0.3) is 0 Å². The van der Waals surface area contributed by atoms with Gasteiger partial charge in [0.05, 0.1) is 13.2 Å². The van der Waals surface area contributed by atoms with E-state index in [-0.39, 0.29) is 29.5 Å². The Morgan fingerprint density at radius 3 is 2.35 bits per heavy atom. The van der Waals surface area contributed by atoms with Gasteiger partial charge in [0, 0.05) is 43.8 Å². The van der Waals surface area contributed by atoms with Gasteiger partial charge in [-0.25, -0.2) is 9.78 Å². The molecule has 3 fully saturated rings. The molecule has 1 N–H and O–H groups in total. The molecule has 0 radical (unpaired) electrons. The molecule has 0 spiro atoms. The van der Waals surface area contributed by atoms with Gasteiger partial charge >= 0.3 is 6.09 Å². The Bertz CT molecular complexity index is 1090. The monoisotopic (exact) mass is 570 g/mol. The van der Waals surface area contributed by atoms with Crippen molar-refractivity contribution in [1.29, 1.82) is 0 Å². The fourth-order valence-corrected chi connectivity index (χ4v) is 7.28. The predicted molar refractivity (Wildman–Crippen MR) is 154 cm³/mol. The maximum Gasteiger partial charge on any atom is 0.409 e. The first-order valence-corrected chi connectivity index (χ1v) is 15.3. The van der Waals surface area contributed by atoms with E-state index in [0.29, 0.717) is 30.5 Å². The first-order chi connectivity index (χ1) is 19.5. The SMILES string of the molecule is COC(=O)N1CCC(N[C@H](Cc2ccc(Cl)cc2)C(=O)N2CCC(Cn3cncn3)(C3CCCCC3)CC2)CC1. The lowest BCUT2D eigenvalue weighted by atomic mass is 9.63. The minimum atomic E-state index is -0.326. The number of halogens is 1. The van der Waals surface area contributed by atoms with Gasteiger partial charge in [0.2, 0.25) is 5.91 Å². The minimum absolute atomic E-state index is 0.157. The average Bonchev–Trinajstić information content (AvgIpc) is 3.51. The number of rotatable bonds is 8. The Morgan fingerprint density at radius 2 is 1.73 bits per heavy atom. The molecule has 3 aliphatic rings. The van der Waals surface area contributed by atoms with Gasteiger partial charge in [-0.05, 0) is 74.0 Å². The summed E-state index contributed by atoms with van der Waals surface area (Å²) < 4.78 is 6.89. The average molecular weight is 571 g/mol. The Morgan fingerprint density at radius 1 is 1.02 bits per heavy atom. The molecule has 0 unspecified atom stereocenters. The van der Waals surface area contributed by atoms with Crippen molar-refractivity contribution in [1.82, 2.24) is 29.9 Å². The van der Waals surface area contributed by atoms with Crippen LogP contribution in [0, 0.1) is 11.3 Å². The summed E-state index contributed by atoms with van der Waals surface area (Å²) in [6, 6.07) is 7.63. The molecule has 5 rings (SSSR count). The van der Waals surface area contributed by atoms with Gasteiger partial charge in [0.25, 0.3) is 0 Å². The number of nitrogens with zero attached hydrogens (tertiary/aromatic N) is 5. The summed E-state index contributed by atoms with van der Waals surface area (Å²) in [6.07, 6.45) is 13.8. The lowest BCUT2D eigenvalue weighted by Crippen LogP contribution is -2.56. The van der Waals surface area contributed by atoms with E-state index in [4.69, 9.17) is 16.3 Å². The smallest absolute Gasteiger partial charge is 0.409 e. The predicted octanol–water partition coefficient (Wildman–Crippen LogP) is 4.55. The molecule has 1 aromatic carbocycles. The molecule has 2 saturated heterocycles. The largest absolute Gasteiger partial charge is 0.453 e. The van der Waals surface area contributed by atoms with E-state index in [0.717, 1.165) is 50.9 Å². The Kier molecular flexibility index (Phi) is 9.63. The van der Waals surface area contributed by atoms with Crippen molar-refractivity contribution in [3.63, 3.8) is 0 Å². The fraction of sp³-hybridized carbons (Fsp3) is 0.667. The Balaban J connectivity index is 1.27. The molecule has 1 aromatic heterocycles. The van der Waals surface area contributed by atoms with E-state index in [1.807, 2.05) is 35.3 Å². The highest BCUT2D eigenvalue weighted by Crippen LogP contribution is 2.47. The molecule has 1 aliphatic carbocycles. The number of carbonyl (C=O) groups excluding carboxylic acids is 2. The number of benzene rings is 1. The van der Waals surface area contributed by atoms with Crippen molar-refractivity contribution in [2.75, 3.05) is 33.3 Å². The standard InChI is InChI=1S/C30H43ClN6O3/c1-40-29(39)36-15-11-26(12-16-36)34-27(19-23-7-9-25(31)10-8-23)28(38)35-17-13-30(14-18-35,20-37-22-32-21-33-37)24-5-3-2-4-6-24/h7-10,21-22,24,26-27,34H,2-6,11-20H2,1H3/t27-/m1/s1. The summed E-state index contributed by atoms with van der Waals surface area (Å²) >= 11 is 6.14. The quantitative estimate of drug-likeness (QED) is 0.500. The maximum atomic E-state index is 14.1. The van der Waals surface area contributed by atoms with Gasteiger partial charge in [-0.15, -0.1) is 0 Å². The molecule has 218 valence electrons. The number of nitrogens with one attached hydrogen (secondary N) is 1. The van der Waals surface area contributed by atoms with Gasteiger partial charge in [0.1, 0.15) is 12.7 Å². The van der Waals surface area contributed by atoms with Crippen molar-refractivity contribution in [3.8, 4) is 0 Å². The summed E-state index contributed by atoms with van der Waals surface area (Å²) in [5.74, 6) is 0.842.